The van der Waals surface area contributed by atoms with E-state index in [1.807, 2.05) is 0 Å². The lowest BCUT2D eigenvalue weighted by atomic mass is 9.77. The second-order valence-electron chi connectivity index (χ2n) is 6.84. The van der Waals surface area contributed by atoms with Gasteiger partial charge >= 0.3 is 0 Å². The Morgan fingerprint density at radius 2 is 1.86 bits per heavy atom. The van der Waals surface area contributed by atoms with Crippen LogP contribution in [0.15, 0.2) is 24.3 Å². The third-order valence-electron chi connectivity index (χ3n) is 5.19. The van der Waals surface area contributed by atoms with E-state index in [0.717, 1.165) is 12.6 Å². The molecule has 21 heavy (non-hydrogen) atoms. The van der Waals surface area contributed by atoms with Crippen molar-refractivity contribution in [2.24, 2.45) is 0 Å². The Balaban J connectivity index is 1.92. The minimum atomic E-state index is 0.509. The van der Waals surface area contributed by atoms with Crippen LogP contribution >= 0.6 is 0 Å². The van der Waals surface area contributed by atoms with Crippen LogP contribution < -0.4 is 5.32 Å². The molecule has 1 fully saturated rings. The maximum Gasteiger partial charge on any atom is 0.0481 e. The lowest BCUT2D eigenvalue weighted by Crippen LogP contribution is -2.49. The molecule has 0 bridgehead atoms. The summed E-state index contributed by atoms with van der Waals surface area (Å²) in [6.45, 7) is 9.27. The Morgan fingerprint density at radius 3 is 2.48 bits per heavy atom. The molecule has 1 saturated carbocycles. The van der Waals surface area contributed by atoms with Gasteiger partial charge in [0.15, 0.2) is 0 Å². The van der Waals surface area contributed by atoms with Gasteiger partial charge in [0.25, 0.3) is 0 Å². The summed E-state index contributed by atoms with van der Waals surface area (Å²) < 4.78 is 0. The molecule has 0 radical (unpaired) electrons. The van der Waals surface area contributed by atoms with Crippen molar-refractivity contribution in [3.63, 3.8) is 0 Å². The number of benzene rings is 1. The largest absolute Gasteiger partial charge is 0.309 e. The summed E-state index contributed by atoms with van der Waals surface area (Å²) in [4.78, 5) is 2.82. The summed E-state index contributed by atoms with van der Waals surface area (Å²) in [5.74, 6) is 0.680. The van der Waals surface area contributed by atoms with E-state index in [-0.39, 0.29) is 0 Å². The lowest BCUT2D eigenvalue weighted by molar-refractivity contribution is 0.125. The molecule has 3 unspecified atom stereocenters. The summed E-state index contributed by atoms with van der Waals surface area (Å²) in [5, 5.41) is 3.79. The molecular formula is C19H30N2. The van der Waals surface area contributed by atoms with Gasteiger partial charge in [0.1, 0.15) is 0 Å². The predicted octanol–water partition coefficient (Wildman–Crippen LogP) is 4.09. The second-order valence-corrected chi connectivity index (χ2v) is 6.84. The molecule has 2 aliphatic carbocycles. The number of hydrogen-bond acceptors (Lipinski definition) is 2. The highest BCUT2D eigenvalue weighted by molar-refractivity contribution is 5.37. The molecule has 2 aliphatic rings. The van der Waals surface area contributed by atoms with Gasteiger partial charge in [-0.25, -0.2) is 0 Å². The Labute approximate surface area is 129 Å². The fourth-order valence-corrected chi connectivity index (χ4v) is 4.15. The predicted molar refractivity (Wildman–Crippen MR) is 89.7 cm³/mol. The molecule has 2 nitrogen and oxygen atoms in total. The zero-order valence-corrected chi connectivity index (χ0v) is 13.8. The molecular weight excluding hydrogens is 256 g/mol. The fourth-order valence-electron chi connectivity index (χ4n) is 4.15. The number of fused-ring (bicyclic) bond motifs is 1. The highest BCUT2D eigenvalue weighted by Crippen LogP contribution is 2.42. The van der Waals surface area contributed by atoms with Crippen molar-refractivity contribution in [3.05, 3.63) is 35.4 Å². The van der Waals surface area contributed by atoms with Crippen LogP contribution in [0.2, 0.25) is 0 Å². The average Bonchev–Trinajstić information content (AvgIpc) is 3.32. The average molecular weight is 286 g/mol. The van der Waals surface area contributed by atoms with Gasteiger partial charge in [-0.2, -0.15) is 0 Å². The van der Waals surface area contributed by atoms with Gasteiger partial charge in [-0.15, -0.1) is 0 Å². The van der Waals surface area contributed by atoms with Crippen LogP contribution in [0.5, 0.6) is 0 Å². The van der Waals surface area contributed by atoms with Crippen LogP contribution in [-0.4, -0.2) is 30.1 Å². The fraction of sp³-hybridized carbons (Fsp3) is 0.684. The number of likely N-dealkylation sites (N-methyl/N-ethyl adjacent to an activating group) is 1. The van der Waals surface area contributed by atoms with Gasteiger partial charge in [0.05, 0.1) is 0 Å². The SMILES string of the molecule is CCCN(C1CC1)C1CC(C)c2ccccc2C1NCC. The maximum absolute atomic E-state index is 3.79. The highest BCUT2D eigenvalue weighted by atomic mass is 15.2. The van der Waals surface area contributed by atoms with E-state index < -0.39 is 0 Å². The molecule has 1 aromatic carbocycles. The van der Waals surface area contributed by atoms with Crippen molar-refractivity contribution in [1.29, 1.82) is 0 Å². The Bertz CT molecular complexity index is 466. The van der Waals surface area contributed by atoms with Gasteiger partial charge in [0.2, 0.25) is 0 Å². The van der Waals surface area contributed by atoms with Crippen LogP contribution in [-0.2, 0) is 0 Å². The maximum atomic E-state index is 3.79. The molecule has 2 heteroatoms. The number of nitrogens with zero attached hydrogens (tertiary/aromatic N) is 1. The van der Waals surface area contributed by atoms with Crippen molar-refractivity contribution >= 4 is 0 Å². The standard InChI is InChI=1S/C19H30N2/c1-4-12-21(15-10-11-15)18-13-14(3)16-8-6-7-9-17(16)19(18)20-5-2/h6-9,14-15,18-20H,4-5,10-13H2,1-3H3. The van der Waals surface area contributed by atoms with Crippen LogP contribution in [0.4, 0.5) is 0 Å². The van der Waals surface area contributed by atoms with E-state index in [2.05, 4.69) is 55.3 Å². The third-order valence-corrected chi connectivity index (χ3v) is 5.19. The van der Waals surface area contributed by atoms with E-state index in [1.165, 1.54) is 32.2 Å². The zero-order chi connectivity index (χ0) is 14.8. The van der Waals surface area contributed by atoms with Gasteiger partial charge in [-0.1, -0.05) is 45.0 Å². The van der Waals surface area contributed by atoms with E-state index in [0.29, 0.717) is 18.0 Å². The van der Waals surface area contributed by atoms with Crippen molar-refractivity contribution in [2.75, 3.05) is 13.1 Å². The first kappa shape index (κ1) is 15.1. The number of nitrogens with one attached hydrogen (secondary N) is 1. The lowest BCUT2D eigenvalue weighted by Gasteiger charge is -2.44. The quantitative estimate of drug-likeness (QED) is 0.847. The summed E-state index contributed by atoms with van der Waals surface area (Å²) in [7, 11) is 0. The molecule has 0 aliphatic heterocycles. The topological polar surface area (TPSA) is 15.3 Å². The van der Waals surface area contributed by atoms with Crippen LogP contribution in [0.1, 0.15) is 69.5 Å². The van der Waals surface area contributed by atoms with Crippen LogP contribution in [0.3, 0.4) is 0 Å². The van der Waals surface area contributed by atoms with Crippen molar-refractivity contribution in [3.8, 4) is 0 Å². The van der Waals surface area contributed by atoms with Crippen LogP contribution in [0, 0.1) is 0 Å². The smallest absolute Gasteiger partial charge is 0.0481 e. The third kappa shape index (κ3) is 3.02. The Morgan fingerprint density at radius 1 is 1.14 bits per heavy atom. The first-order valence-electron chi connectivity index (χ1n) is 8.84. The monoisotopic (exact) mass is 286 g/mol. The van der Waals surface area contributed by atoms with Crippen LogP contribution in [0.25, 0.3) is 0 Å². The molecule has 3 rings (SSSR count). The molecule has 0 spiro atoms. The van der Waals surface area contributed by atoms with Gasteiger partial charge in [0, 0.05) is 18.1 Å². The first-order chi connectivity index (χ1) is 10.3. The van der Waals surface area contributed by atoms with E-state index in [9.17, 15) is 0 Å². The van der Waals surface area contributed by atoms with Crippen molar-refractivity contribution < 1.29 is 0 Å². The summed E-state index contributed by atoms with van der Waals surface area (Å²) in [6.07, 6.45) is 5.38. The molecule has 1 N–H and O–H groups in total. The van der Waals surface area contributed by atoms with E-state index in [4.69, 9.17) is 0 Å². The molecule has 3 atom stereocenters. The minimum Gasteiger partial charge on any atom is -0.309 e. The summed E-state index contributed by atoms with van der Waals surface area (Å²) in [5.41, 5.74) is 3.11. The number of hydrogen-bond donors (Lipinski definition) is 1. The minimum absolute atomic E-state index is 0.509. The van der Waals surface area contributed by atoms with Gasteiger partial charge in [-0.05, 0) is 55.8 Å². The number of rotatable bonds is 6. The molecule has 116 valence electrons. The Kier molecular flexibility index (Phi) is 4.66. The molecule has 0 amide bonds. The van der Waals surface area contributed by atoms with E-state index in [1.54, 1.807) is 11.1 Å². The molecule has 0 saturated heterocycles. The van der Waals surface area contributed by atoms with Gasteiger partial charge in [-0.3, -0.25) is 4.90 Å². The first-order valence-corrected chi connectivity index (χ1v) is 8.84. The molecule has 0 heterocycles. The molecule has 1 aromatic rings. The van der Waals surface area contributed by atoms with Crippen molar-refractivity contribution in [2.45, 2.75) is 70.5 Å². The second kappa shape index (κ2) is 6.50. The molecule has 0 aromatic heterocycles. The normalized spacial score (nSPS) is 28.7. The van der Waals surface area contributed by atoms with E-state index >= 15 is 0 Å². The summed E-state index contributed by atoms with van der Waals surface area (Å²) >= 11 is 0. The zero-order valence-electron chi connectivity index (χ0n) is 13.8. The summed E-state index contributed by atoms with van der Waals surface area (Å²) in [6, 6.07) is 11.1. The Hall–Kier alpha value is -0.860. The van der Waals surface area contributed by atoms with Gasteiger partial charge < -0.3 is 5.32 Å². The highest BCUT2D eigenvalue weighted by Gasteiger charge is 2.41. The van der Waals surface area contributed by atoms with Crippen molar-refractivity contribution in [1.82, 2.24) is 10.2 Å².